The van der Waals surface area contributed by atoms with Crippen LogP contribution in [0.3, 0.4) is 0 Å². The van der Waals surface area contributed by atoms with E-state index in [1.165, 1.54) is 17.0 Å². The maximum atomic E-state index is 5.86. The van der Waals surface area contributed by atoms with Gasteiger partial charge in [-0.2, -0.15) is 0 Å². The molecule has 1 atom stereocenters. The first-order valence-electron chi connectivity index (χ1n) is 7.44. The Kier molecular flexibility index (Phi) is 4.22. The zero-order chi connectivity index (χ0) is 14.8. The van der Waals surface area contributed by atoms with E-state index < -0.39 is 0 Å². The lowest BCUT2D eigenvalue weighted by Crippen LogP contribution is -2.10. The molecule has 5 heteroatoms. The van der Waals surface area contributed by atoms with Gasteiger partial charge in [0.1, 0.15) is 10.8 Å². The van der Waals surface area contributed by atoms with Gasteiger partial charge in [-0.1, -0.05) is 0 Å². The molecular weight excluding hydrogens is 282 g/mol. The molecule has 3 rings (SSSR count). The molecule has 0 aliphatic heterocycles. The largest absolute Gasteiger partial charge is 0.373 e. The van der Waals surface area contributed by atoms with Gasteiger partial charge in [0, 0.05) is 32.5 Å². The molecule has 0 spiro atoms. The number of thiazole rings is 1. The first kappa shape index (κ1) is 14.5. The van der Waals surface area contributed by atoms with Gasteiger partial charge in [-0.05, 0) is 38.3 Å². The number of nitrogens with zero attached hydrogens (tertiary/aromatic N) is 3. The third-order valence-electron chi connectivity index (χ3n) is 3.72. The van der Waals surface area contributed by atoms with Gasteiger partial charge >= 0.3 is 0 Å². The van der Waals surface area contributed by atoms with E-state index in [-0.39, 0.29) is 6.10 Å². The molecular formula is C16H21N3OS. The van der Waals surface area contributed by atoms with Crippen molar-refractivity contribution in [2.45, 2.75) is 32.3 Å². The van der Waals surface area contributed by atoms with Crippen LogP contribution in [0.1, 0.15) is 36.4 Å². The van der Waals surface area contributed by atoms with Gasteiger partial charge in [0.15, 0.2) is 0 Å². The van der Waals surface area contributed by atoms with Crippen molar-refractivity contribution >= 4 is 17.2 Å². The van der Waals surface area contributed by atoms with Crippen molar-refractivity contribution in [1.29, 1.82) is 0 Å². The molecule has 1 aliphatic carbocycles. The molecule has 0 amide bonds. The lowest BCUT2D eigenvalue weighted by atomic mass is 10.0. The first-order chi connectivity index (χ1) is 10.2. The van der Waals surface area contributed by atoms with Gasteiger partial charge in [-0.25, -0.2) is 9.97 Å². The molecule has 0 saturated heterocycles. The fourth-order valence-electron chi connectivity index (χ4n) is 2.64. The minimum atomic E-state index is 0.235. The molecule has 0 saturated carbocycles. The Bertz CT molecular complexity index is 606. The highest BCUT2D eigenvalue weighted by atomic mass is 32.1. The Labute approximate surface area is 129 Å². The minimum absolute atomic E-state index is 0.235. The second-order valence-electron chi connectivity index (χ2n) is 5.47. The summed E-state index contributed by atoms with van der Waals surface area (Å²) < 4.78 is 5.86. The van der Waals surface area contributed by atoms with Crippen molar-refractivity contribution < 1.29 is 4.74 Å². The van der Waals surface area contributed by atoms with Gasteiger partial charge in [-0.3, -0.25) is 0 Å². The molecule has 1 aliphatic rings. The predicted molar refractivity (Wildman–Crippen MR) is 87.0 cm³/mol. The van der Waals surface area contributed by atoms with Crippen LogP contribution in [0.15, 0.2) is 18.3 Å². The zero-order valence-electron chi connectivity index (χ0n) is 12.8. The number of rotatable bonds is 4. The molecule has 0 unspecified atom stereocenters. The predicted octanol–water partition coefficient (Wildman–Crippen LogP) is 3.69. The average Bonchev–Trinajstić information content (AvgIpc) is 2.93. The first-order valence-corrected chi connectivity index (χ1v) is 8.25. The summed E-state index contributed by atoms with van der Waals surface area (Å²) in [4.78, 5) is 12.6. The number of pyridine rings is 1. The topological polar surface area (TPSA) is 38.2 Å². The van der Waals surface area contributed by atoms with Crippen molar-refractivity contribution in [2.75, 3.05) is 25.6 Å². The highest BCUT2D eigenvalue weighted by Gasteiger charge is 2.25. The van der Waals surface area contributed by atoms with Gasteiger partial charge < -0.3 is 9.64 Å². The SMILES string of the molecule is CCO[C@H]1CCCc2nc(-c3ccc(N(C)C)nc3)sc21. The molecule has 0 bridgehead atoms. The van der Waals surface area contributed by atoms with E-state index in [0.717, 1.165) is 35.8 Å². The molecule has 0 aromatic carbocycles. The Morgan fingerprint density at radius 1 is 1.38 bits per heavy atom. The molecule has 4 nitrogen and oxygen atoms in total. The fourth-order valence-corrected chi connectivity index (χ4v) is 3.83. The summed E-state index contributed by atoms with van der Waals surface area (Å²) in [7, 11) is 3.99. The van der Waals surface area contributed by atoms with Crippen LogP contribution in [0.4, 0.5) is 5.82 Å². The average molecular weight is 303 g/mol. The maximum Gasteiger partial charge on any atom is 0.127 e. The molecule has 2 aromatic rings. The number of anilines is 1. The lowest BCUT2D eigenvalue weighted by Gasteiger charge is -2.20. The van der Waals surface area contributed by atoms with Crippen LogP contribution >= 0.6 is 11.3 Å². The smallest absolute Gasteiger partial charge is 0.127 e. The summed E-state index contributed by atoms with van der Waals surface area (Å²) in [6.45, 7) is 2.82. The Morgan fingerprint density at radius 3 is 2.90 bits per heavy atom. The summed E-state index contributed by atoms with van der Waals surface area (Å²) in [6.07, 6.45) is 5.49. The minimum Gasteiger partial charge on any atom is -0.373 e. The third-order valence-corrected chi connectivity index (χ3v) is 4.96. The van der Waals surface area contributed by atoms with Crippen molar-refractivity contribution in [2.24, 2.45) is 0 Å². The molecule has 21 heavy (non-hydrogen) atoms. The second kappa shape index (κ2) is 6.12. The number of hydrogen-bond donors (Lipinski definition) is 0. The quantitative estimate of drug-likeness (QED) is 0.863. The summed E-state index contributed by atoms with van der Waals surface area (Å²) in [6, 6.07) is 4.14. The summed E-state index contributed by atoms with van der Waals surface area (Å²) in [5.41, 5.74) is 2.31. The Balaban J connectivity index is 1.90. The zero-order valence-corrected chi connectivity index (χ0v) is 13.6. The van der Waals surface area contributed by atoms with Gasteiger partial charge in [0.2, 0.25) is 0 Å². The molecule has 112 valence electrons. The third kappa shape index (κ3) is 2.94. The van der Waals surface area contributed by atoms with E-state index in [4.69, 9.17) is 9.72 Å². The van der Waals surface area contributed by atoms with E-state index in [1.54, 1.807) is 11.3 Å². The molecule has 0 N–H and O–H groups in total. The Morgan fingerprint density at radius 2 is 2.24 bits per heavy atom. The number of hydrogen-bond acceptors (Lipinski definition) is 5. The highest BCUT2D eigenvalue weighted by Crippen LogP contribution is 2.39. The monoisotopic (exact) mass is 303 g/mol. The van der Waals surface area contributed by atoms with Crippen molar-refractivity contribution in [3.63, 3.8) is 0 Å². The van der Waals surface area contributed by atoms with Crippen molar-refractivity contribution in [3.8, 4) is 10.6 Å². The molecule has 0 fully saturated rings. The van der Waals surface area contributed by atoms with Gasteiger partial charge in [0.25, 0.3) is 0 Å². The normalized spacial score (nSPS) is 17.6. The van der Waals surface area contributed by atoms with Crippen molar-refractivity contribution in [3.05, 3.63) is 28.9 Å². The fraction of sp³-hybridized carbons (Fsp3) is 0.500. The highest BCUT2D eigenvalue weighted by molar-refractivity contribution is 7.15. The van der Waals surface area contributed by atoms with Gasteiger partial charge in [-0.15, -0.1) is 11.3 Å². The molecule has 2 heterocycles. The number of aromatic nitrogens is 2. The van der Waals surface area contributed by atoms with E-state index in [9.17, 15) is 0 Å². The maximum absolute atomic E-state index is 5.86. The van der Waals surface area contributed by atoms with Gasteiger partial charge in [0.05, 0.1) is 16.7 Å². The van der Waals surface area contributed by atoms with Crippen LogP contribution in [0.25, 0.3) is 10.6 Å². The number of fused-ring (bicyclic) bond motifs is 1. The summed E-state index contributed by atoms with van der Waals surface area (Å²) in [5, 5.41) is 1.06. The van der Waals surface area contributed by atoms with Crippen molar-refractivity contribution in [1.82, 2.24) is 9.97 Å². The summed E-state index contributed by atoms with van der Waals surface area (Å²) in [5.74, 6) is 0.965. The van der Waals surface area contributed by atoms with Crippen LogP contribution in [0.5, 0.6) is 0 Å². The molecule has 0 radical (unpaired) electrons. The van der Waals surface area contributed by atoms with E-state index in [0.29, 0.717) is 0 Å². The number of aryl methyl sites for hydroxylation is 1. The van der Waals surface area contributed by atoms with Crippen LogP contribution in [-0.2, 0) is 11.2 Å². The van der Waals surface area contributed by atoms with Crippen LogP contribution < -0.4 is 4.90 Å². The van der Waals surface area contributed by atoms with Crippen LogP contribution in [-0.4, -0.2) is 30.7 Å². The standard InChI is InChI=1S/C16H21N3OS/c1-4-20-13-7-5-6-12-15(13)21-16(18-12)11-8-9-14(17-10-11)19(2)3/h8-10,13H,4-7H2,1-3H3/t13-/m0/s1. The Hall–Kier alpha value is -1.46. The second-order valence-corrected chi connectivity index (χ2v) is 6.50. The van der Waals surface area contributed by atoms with E-state index in [2.05, 4.69) is 18.0 Å². The van der Waals surface area contributed by atoms with Crippen LogP contribution in [0.2, 0.25) is 0 Å². The van der Waals surface area contributed by atoms with E-state index >= 15 is 0 Å². The van der Waals surface area contributed by atoms with Crippen LogP contribution in [0, 0.1) is 0 Å². The van der Waals surface area contributed by atoms with E-state index in [1.807, 2.05) is 31.3 Å². The molecule has 2 aromatic heterocycles. The summed E-state index contributed by atoms with van der Waals surface area (Å²) >= 11 is 1.76. The number of ether oxygens (including phenoxy) is 1. The lowest BCUT2D eigenvalue weighted by molar-refractivity contribution is 0.0524.